The topological polar surface area (TPSA) is 173 Å². The first kappa shape index (κ1) is 43.3. The van der Waals surface area contributed by atoms with Crippen LogP contribution >= 0.6 is 0 Å². The fourth-order valence-electron chi connectivity index (χ4n) is 4.20. The van der Waals surface area contributed by atoms with Gasteiger partial charge in [0.15, 0.2) is 46.5 Å². The second-order valence-corrected chi connectivity index (χ2v) is 13.0. The van der Waals surface area contributed by atoms with Crippen LogP contribution in [-0.4, -0.2) is 36.2 Å². The van der Waals surface area contributed by atoms with Crippen LogP contribution in [0, 0.1) is 46.5 Å². The molecule has 0 bridgehead atoms. The molecule has 54 heavy (non-hydrogen) atoms. The summed E-state index contributed by atoms with van der Waals surface area (Å²) in [4.78, 5) is -1.98. The van der Waals surface area contributed by atoms with E-state index in [0.29, 0.717) is 12.1 Å². The molecule has 0 saturated heterocycles. The number of hydrogen-bond donors (Lipinski definition) is 6. The Morgan fingerprint density at radius 3 is 0.963 bits per heavy atom. The van der Waals surface area contributed by atoms with Crippen LogP contribution in [0.4, 0.5) is 72.8 Å². The number of rotatable bonds is 8. The average molecular weight is 839 g/mol. The van der Waals surface area contributed by atoms with Crippen molar-refractivity contribution in [1.82, 2.24) is 0 Å². The van der Waals surface area contributed by atoms with Crippen LogP contribution in [0.1, 0.15) is 22.3 Å². The molecule has 0 heterocycles. The molecule has 0 amide bonds. The summed E-state index contributed by atoms with van der Waals surface area (Å²) in [6.07, 6.45) is -11.4. The van der Waals surface area contributed by atoms with Gasteiger partial charge in [-0.1, -0.05) is 0 Å². The minimum Gasteiger partial charge on any atom is -0.506 e. The van der Waals surface area contributed by atoms with Crippen LogP contribution in [0.3, 0.4) is 0 Å². The van der Waals surface area contributed by atoms with Gasteiger partial charge in [-0.2, -0.15) is 43.2 Å². The van der Waals surface area contributed by atoms with Crippen LogP contribution < -0.4 is 10.6 Å². The molecule has 26 heteroatoms. The highest BCUT2D eigenvalue weighted by Crippen LogP contribution is 2.39. The van der Waals surface area contributed by atoms with Gasteiger partial charge >= 0.3 is 12.4 Å². The minimum absolute atomic E-state index is 0.292. The van der Waals surface area contributed by atoms with E-state index in [1.54, 1.807) is 0 Å². The summed E-state index contributed by atoms with van der Waals surface area (Å²) in [7, 11) is -9.75. The molecule has 0 atom stereocenters. The number of benzene rings is 4. The molecule has 0 saturated carbocycles. The lowest BCUT2D eigenvalue weighted by atomic mass is 10.1. The predicted octanol–water partition coefficient (Wildman–Crippen LogP) is 7.65. The molecule has 0 radical (unpaired) electrons. The van der Waals surface area contributed by atoms with Gasteiger partial charge in [0.25, 0.3) is 20.2 Å². The Morgan fingerprint density at radius 1 is 0.481 bits per heavy atom. The lowest BCUT2D eigenvalue weighted by molar-refractivity contribution is -0.144. The van der Waals surface area contributed by atoms with Gasteiger partial charge < -0.3 is 20.8 Å². The van der Waals surface area contributed by atoms with E-state index in [1.165, 1.54) is 0 Å². The van der Waals surface area contributed by atoms with Gasteiger partial charge in [0, 0.05) is 35.6 Å². The number of aromatic hydroxyl groups is 2. The van der Waals surface area contributed by atoms with Gasteiger partial charge in [-0.05, 0) is 36.4 Å². The standard InChI is InChI=1S/2C14H8F7NO4S/c2*15-10-6(11(16)13(18)9(12(10)17)14(19,20)21)4-22-5-1-2-7(23)8(3-5)27(24,25)26/h2*1-3,22-23H,4H2,(H,24,25,26). The Balaban J connectivity index is 0.000000290. The maximum Gasteiger partial charge on any atom is 0.422 e. The van der Waals surface area contributed by atoms with Crippen LogP contribution in [0.25, 0.3) is 0 Å². The summed E-state index contributed by atoms with van der Waals surface area (Å²) in [6, 6.07) is 4.72. The third-order valence-corrected chi connectivity index (χ3v) is 8.46. The molecule has 0 aliphatic carbocycles. The average Bonchev–Trinajstić information content (AvgIpc) is 3.02. The number of alkyl halides is 6. The van der Waals surface area contributed by atoms with Crippen molar-refractivity contribution < 1.29 is 97.6 Å². The second kappa shape index (κ2) is 15.3. The van der Waals surface area contributed by atoms with E-state index in [2.05, 4.69) is 10.6 Å². The third kappa shape index (κ3) is 9.34. The Morgan fingerprint density at radius 2 is 0.741 bits per heavy atom. The fourth-order valence-corrected chi connectivity index (χ4v) is 5.42. The molecule has 0 unspecified atom stereocenters. The van der Waals surface area contributed by atoms with Gasteiger partial charge in [-0.25, -0.2) is 35.1 Å². The number of nitrogens with one attached hydrogen (secondary N) is 2. The van der Waals surface area contributed by atoms with E-state index < -0.39 is 136 Å². The monoisotopic (exact) mass is 838 g/mol. The van der Waals surface area contributed by atoms with E-state index in [0.717, 1.165) is 24.3 Å². The second-order valence-electron chi connectivity index (χ2n) is 10.2. The molecule has 6 N–H and O–H groups in total. The molecule has 10 nitrogen and oxygen atoms in total. The highest BCUT2D eigenvalue weighted by Gasteiger charge is 2.43. The van der Waals surface area contributed by atoms with Crippen molar-refractivity contribution in [2.24, 2.45) is 0 Å². The molecule has 0 aromatic heterocycles. The Bertz CT molecular complexity index is 2120. The molecule has 0 aliphatic heterocycles. The molecule has 4 rings (SSSR count). The van der Waals surface area contributed by atoms with Crippen molar-refractivity contribution in [2.75, 3.05) is 10.6 Å². The Hall–Kier alpha value is -5.08. The van der Waals surface area contributed by atoms with Crippen molar-refractivity contribution >= 4 is 31.6 Å². The van der Waals surface area contributed by atoms with Gasteiger partial charge in [0.1, 0.15) is 32.4 Å². The summed E-state index contributed by atoms with van der Waals surface area (Å²) < 4.78 is 246. The SMILES string of the molecule is O=S(=O)(O)c1cc(NCc2c(F)c(F)c(C(F)(F)F)c(F)c2F)ccc1O.O=S(=O)(O)c1cc(NCc2c(F)c(F)c(C(F)(F)F)c(F)c2F)ccc1O. The van der Waals surface area contributed by atoms with Crippen molar-refractivity contribution in [2.45, 2.75) is 35.2 Å². The van der Waals surface area contributed by atoms with Crippen LogP contribution in [0.15, 0.2) is 46.2 Å². The van der Waals surface area contributed by atoms with E-state index >= 15 is 0 Å². The number of hydrogen-bond acceptors (Lipinski definition) is 8. The highest BCUT2D eigenvalue weighted by atomic mass is 32.2. The summed E-state index contributed by atoms with van der Waals surface area (Å²) in [6.45, 7) is -2.17. The maximum absolute atomic E-state index is 13.8. The zero-order valence-electron chi connectivity index (χ0n) is 25.4. The van der Waals surface area contributed by atoms with Crippen LogP contribution in [0.5, 0.6) is 11.5 Å². The van der Waals surface area contributed by atoms with Crippen molar-refractivity contribution in [3.05, 3.63) is 105 Å². The summed E-state index contributed by atoms with van der Waals surface area (Å²) in [5, 5.41) is 22.9. The predicted molar refractivity (Wildman–Crippen MR) is 153 cm³/mol. The Labute approximate surface area is 291 Å². The quantitative estimate of drug-likeness (QED) is 0.0448. The molecular formula is C28H16F14N2O8S2. The van der Waals surface area contributed by atoms with E-state index in [-0.39, 0.29) is 11.4 Å². The van der Waals surface area contributed by atoms with E-state index in [9.17, 15) is 88.5 Å². The number of phenolic OH excluding ortho intramolecular Hbond substituents is 2. The normalized spacial score (nSPS) is 12.3. The van der Waals surface area contributed by atoms with Gasteiger partial charge in [0.2, 0.25) is 0 Å². The lowest BCUT2D eigenvalue weighted by Gasteiger charge is -2.15. The number of phenols is 2. The summed E-state index contributed by atoms with van der Waals surface area (Å²) in [5.74, 6) is -21.4. The first-order chi connectivity index (χ1) is 24.5. The molecule has 4 aromatic carbocycles. The first-order valence-electron chi connectivity index (χ1n) is 13.4. The van der Waals surface area contributed by atoms with Gasteiger partial charge in [0.05, 0.1) is 0 Å². The van der Waals surface area contributed by atoms with Crippen LogP contribution in [-0.2, 0) is 45.7 Å². The smallest absolute Gasteiger partial charge is 0.422 e. The van der Waals surface area contributed by atoms with Crippen molar-refractivity contribution in [3.63, 3.8) is 0 Å². The van der Waals surface area contributed by atoms with Crippen molar-refractivity contribution in [1.29, 1.82) is 0 Å². The molecule has 296 valence electrons. The van der Waals surface area contributed by atoms with Gasteiger partial charge in [-0.3, -0.25) is 9.11 Å². The molecule has 0 fully saturated rings. The molecule has 0 spiro atoms. The van der Waals surface area contributed by atoms with Crippen molar-refractivity contribution in [3.8, 4) is 11.5 Å². The van der Waals surface area contributed by atoms with Crippen LogP contribution in [0.2, 0.25) is 0 Å². The highest BCUT2D eigenvalue weighted by molar-refractivity contribution is 7.86. The Kier molecular flexibility index (Phi) is 12.3. The lowest BCUT2D eigenvalue weighted by Crippen LogP contribution is -2.18. The maximum atomic E-state index is 13.8. The molecule has 0 aliphatic rings. The van der Waals surface area contributed by atoms with Gasteiger partial charge in [-0.15, -0.1) is 0 Å². The minimum atomic E-state index is -5.68. The van der Waals surface area contributed by atoms with E-state index in [1.807, 2.05) is 0 Å². The summed E-state index contributed by atoms with van der Waals surface area (Å²) in [5.41, 5.74) is -8.86. The molecular weight excluding hydrogens is 822 g/mol. The first-order valence-corrected chi connectivity index (χ1v) is 16.3. The largest absolute Gasteiger partial charge is 0.506 e. The number of anilines is 2. The summed E-state index contributed by atoms with van der Waals surface area (Å²) >= 11 is 0. The zero-order chi connectivity index (χ0) is 41.5. The molecule has 4 aromatic rings. The van der Waals surface area contributed by atoms with E-state index in [4.69, 9.17) is 9.11 Å². The third-order valence-electron chi connectivity index (χ3n) is 6.69. The number of halogens is 14. The zero-order valence-corrected chi connectivity index (χ0v) is 27.0. The fraction of sp³-hybridized carbons (Fsp3) is 0.143.